The highest BCUT2D eigenvalue weighted by Crippen LogP contribution is 2.57. The van der Waals surface area contributed by atoms with Gasteiger partial charge in [0.25, 0.3) is 0 Å². The lowest BCUT2D eigenvalue weighted by atomic mass is 9.82. The van der Waals surface area contributed by atoms with Gasteiger partial charge in [0.1, 0.15) is 36.3 Å². The maximum Gasteiger partial charge on any atom is 0.162 e. The topological polar surface area (TPSA) is 103 Å². The molecular weight excluding hydrogens is 793 g/mol. The fourth-order valence-electron chi connectivity index (χ4n) is 10.6. The van der Waals surface area contributed by atoms with E-state index in [9.17, 15) is 0 Å². The minimum atomic E-state index is -0.164. The molecule has 0 N–H and O–H groups in total. The van der Waals surface area contributed by atoms with Gasteiger partial charge in [-0.2, -0.15) is 0 Å². The van der Waals surface area contributed by atoms with Crippen molar-refractivity contribution in [1.29, 1.82) is 0 Å². The summed E-state index contributed by atoms with van der Waals surface area (Å²) >= 11 is 1.80. The molecule has 4 heterocycles. The van der Waals surface area contributed by atoms with Gasteiger partial charge in [-0.25, -0.2) is 39.9 Å². The highest BCUT2D eigenvalue weighted by Gasteiger charge is 2.39. The summed E-state index contributed by atoms with van der Waals surface area (Å²) in [5.74, 6) is 1.19. The van der Waals surface area contributed by atoms with Crippen LogP contribution < -0.4 is 0 Å². The van der Waals surface area contributed by atoms with Crippen LogP contribution in [0, 0.1) is 0 Å². The van der Waals surface area contributed by atoms with Crippen molar-refractivity contribution in [2.45, 2.75) is 38.5 Å². The highest BCUT2D eigenvalue weighted by atomic mass is 32.1. The Morgan fingerprint density at radius 2 is 0.778 bits per heavy atom. The van der Waals surface area contributed by atoms with Gasteiger partial charge in [-0.15, -0.1) is 11.3 Å². The van der Waals surface area contributed by atoms with E-state index < -0.39 is 0 Å². The molecule has 2 aliphatic rings. The van der Waals surface area contributed by atoms with Crippen LogP contribution in [0.5, 0.6) is 0 Å². The Hall–Kier alpha value is -7.62. The molecule has 0 aliphatic heterocycles. The Labute approximate surface area is 366 Å². The van der Waals surface area contributed by atoms with Crippen LogP contribution in [0.3, 0.4) is 0 Å². The van der Waals surface area contributed by atoms with Gasteiger partial charge in [-0.1, -0.05) is 137 Å². The SMILES string of the molecule is CC1(C)c2ccccc2-c2c(-c3sc(-c4cccc5c4-c4ccccc4C5(C)C)c4nc5c6cc(-c7ncncn7)ccc6c6ccc(-c7ncncn7)cc6c5nc34)cccc21. The van der Waals surface area contributed by atoms with Crippen LogP contribution in [0.2, 0.25) is 0 Å². The zero-order chi connectivity index (χ0) is 42.2. The predicted molar refractivity (Wildman–Crippen MR) is 254 cm³/mol. The first-order valence-corrected chi connectivity index (χ1v) is 21.9. The molecule has 0 atom stereocenters. The molecule has 8 nitrogen and oxygen atoms in total. The summed E-state index contributed by atoms with van der Waals surface area (Å²) in [6, 6.07) is 44.1. The number of rotatable bonds is 4. The number of hydrogen-bond acceptors (Lipinski definition) is 9. The molecular formula is C54H36N8S. The second-order valence-electron chi connectivity index (χ2n) is 17.6. The van der Waals surface area contributed by atoms with Crippen LogP contribution in [0.25, 0.3) is 110 Å². The average Bonchev–Trinajstić information content (AvgIpc) is 3.91. The number of aromatic nitrogens is 8. The van der Waals surface area contributed by atoms with Gasteiger partial charge in [-0.05, 0) is 67.4 Å². The quantitative estimate of drug-likeness (QED) is 0.162. The third kappa shape index (κ3) is 5.02. The van der Waals surface area contributed by atoms with E-state index in [1.807, 2.05) is 0 Å². The standard InChI is InChI=1S/C54H36N8S/c1-53(2)39-15-7-5-11-33(39)43-35(13-9-17-41(43)53)49-47-48(50(63-49)36-14-10-18-42-44(36)34-12-6-8-16-40(34)54(42,3)4)62-46-38-24-30(52-59-27-56-28-60-52)20-22-32(38)31-21-19-29(23-37(31)45(46)61-47)51-57-25-55-26-58-51/h5-28H,1-4H3. The third-order valence-corrected chi connectivity index (χ3v) is 14.8. The largest absolute Gasteiger partial charge is 0.242 e. The summed E-state index contributed by atoms with van der Waals surface area (Å²) in [7, 11) is 0. The predicted octanol–water partition coefficient (Wildman–Crippen LogP) is 12.8. The molecule has 7 aromatic carbocycles. The Kier molecular flexibility index (Phi) is 7.42. The Balaban J connectivity index is 1.19. The molecule has 9 heteroatoms. The second-order valence-corrected chi connectivity index (χ2v) is 18.6. The van der Waals surface area contributed by atoms with Crippen molar-refractivity contribution in [3.63, 3.8) is 0 Å². The van der Waals surface area contributed by atoms with Crippen molar-refractivity contribution in [1.82, 2.24) is 39.9 Å². The van der Waals surface area contributed by atoms with Gasteiger partial charge in [0.2, 0.25) is 0 Å². The molecule has 0 radical (unpaired) electrons. The monoisotopic (exact) mass is 828 g/mol. The number of nitrogens with zero attached hydrogens (tertiary/aromatic N) is 8. The van der Waals surface area contributed by atoms with Crippen molar-refractivity contribution < 1.29 is 0 Å². The van der Waals surface area contributed by atoms with E-state index in [4.69, 9.17) is 9.97 Å². The van der Waals surface area contributed by atoms with Crippen LogP contribution >= 0.6 is 11.3 Å². The summed E-state index contributed by atoms with van der Waals surface area (Å²) in [4.78, 5) is 40.2. The lowest BCUT2D eigenvalue weighted by Gasteiger charge is -2.21. The zero-order valence-electron chi connectivity index (χ0n) is 34.8. The maximum absolute atomic E-state index is 5.85. The van der Waals surface area contributed by atoms with Gasteiger partial charge in [-0.3, -0.25) is 0 Å². The van der Waals surface area contributed by atoms with Crippen LogP contribution in [0.15, 0.2) is 147 Å². The van der Waals surface area contributed by atoms with Crippen molar-refractivity contribution >= 4 is 54.9 Å². The molecule has 0 fully saturated rings. The number of thiophene rings is 1. The van der Waals surface area contributed by atoms with Gasteiger partial charge >= 0.3 is 0 Å². The fraction of sp³-hybridized carbons (Fsp3) is 0.111. The molecule has 2 aliphatic carbocycles. The number of fused-ring (bicyclic) bond motifs is 13. The van der Waals surface area contributed by atoms with Gasteiger partial charge in [0.05, 0.1) is 20.8 Å². The summed E-state index contributed by atoms with van der Waals surface area (Å²) in [5, 5.41) is 4.05. The highest BCUT2D eigenvalue weighted by molar-refractivity contribution is 7.21. The third-order valence-electron chi connectivity index (χ3n) is 13.6. The van der Waals surface area contributed by atoms with Gasteiger partial charge < -0.3 is 0 Å². The fourth-order valence-corrected chi connectivity index (χ4v) is 11.8. The number of benzene rings is 7. The molecule has 11 aromatic rings. The molecule has 0 saturated carbocycles. The lowest BCUT2D eigenvalue weighted by molar-refractivity contribution is 0.660. The molecule has 0 unspecified atom stereocenters. The van der Waals surface area contributed by atoms with E-state index in [2.05, 4.69) is 179 Å². The Bertz CT molecular complexity index is 3500. The minimum Gasteiger partial charge on any atom is -0.242 e. The average molecular weight is 829 g/mol. The second kappa shape index (κ2) is 13.0. The lowest BCUT2D eigenvalue weighted by Crippen LogP contribution is -2.14. The normalized spacial score (nSPS) is 14.3. The van der Waals surface area contributed by atoms with E-state index in [0.717, 1.165) is 64.5 Å². The zero-order valence-corrected chi connectivity index (χ0v) is 35.7. The van der Waals surface area contributed by atoms with E-state index in [1.54, 1.807) is 11.3 Å². The van der Waals surface area contributed by atoms with Crippen molar-refractivity contribution in [2.24, 2.45) is 0 Å². The molecule has 298 valence electrons. The van der Waals surface area contributed by atoms with Gasteiger partial charge in [0, 0.05) is 43.9 Å². The molecule has 0 bridgehead atoms. The first kappa shape index (κ1) is 36.1. The smallest absolute Gasteiger partial charge is 0.162 e. The van der Waals surface area contributed by atoms with Crippen LogP contribution in [0.1, 0.15) is 49.9 Å². The first-order valence-electron chi connectivity index (χ1n) is 21.1. The Morgan fingerprint density at radius 1 is 0.381 bits per heavy atom. The van der Waals surface area contributed by atoms with Crippen LogP contribution in [-0.2, 0) is 10.8 Å². The summed E-state index contributed by atoms with van der Waals surface area (Å²) in [5.41, 5.74) is 17.5. The van der Waals surface area contributed by atoms with Gasteiger partial charge in [0.15, 0.2) is 11.6 Å². The van der Waals surface area contributed by atoms with E-state index in [1.165, 1.54) is 80.9 Å². The summed E-state index contributed by atoms with van der Waals surface area (Å²) in [6.45, 7) is 9.36. The first-order chi connectivity index (χ1) is 30.8. The van der Waals surface area contributed by atoms with Crippen molar-refractivity contribution in [3.05, 3.63) is 169 Å². The Morgan fingerprint density at radius 3 is 1.22 bits per heavy atom. The van der Waals surface area contributed by atoms with Crippen molar-refractivity contribution in [3.8, 4) is 65.9 Å². The molecule has 0 amide bonds. The molecule has 0 saturated heterocycles. The van der Waals surface area contributed by atoms with E-state index in [-0.39, 0.29) is 10.8 Å². The van der Waals surface area contributed by atoms with E-state index in [0.29, 0.717) is 11.6 Å². The summed E-state index contributed by atoms with van der Waals surface area (Å²) < 4.78 is 0. The molecule has 13 rings (SSSR count). The number of hydrogen-bond donors (Lipinski definition) is 0. The molecule has 63 heavy (non-hydrogen) atoms. The van der Waals surface area contributed by atoms with Crippen LogP contribution in [-0.4, -0.2) is 39.9 Å². The minimum absolute atomic E-state index is 0.164. The van der Waals surface area contributed by atoms with Crippen molar-refractivity contribution in [2.75, 3.05) is 0 Å². The molecule has 4 aromatic heterocycles. The summed E-state index contributed by atoms with van der Waals surface area (Å²) in [6.07, 6.45) is 6.14. The maximum atomic E-state index is 5.85. The van der Waals surface area contributed by atoms with Crippen LogP contribution in [0.4, 0.5) is 0 Å². The molecule has 0 spiro atoms. The van der Waals surface area contributed by atoms with E-state index >= 15 is 0 Å².